The molecule has 158 valence electrons. The van der Waals surface area contributed by atoms with Gasteiger partial charge in [0.1, 0.15) is 11.3 Å². The third kappa shape index (κ3) is 4.61. The standard InChI is InChI=1S/C26H26N2O3/c1-5-30-21-8-6-7-18(15-21)24(29)27-20-13-14-22-23(16-20)31-25(28-22)17-9-11-19(12-10-17)26(2,3)4/h6-16H,5H2,1-4H3,(H,27,29). The molecule has 0 aliphatic carbocycles. The van der Waals surface area contributed by atoms with Crippen molar-refractivity contribution < 1.29 is 13.9 Å². The summed E-state index contributed by atoms with van der Waals surface area (Å²) in [6.45, 7) is 9.01. The summed E-state index contributed by atoms with van der Waals surface area (Å²) in [5, 5.41) is 2.91. The molecule has 1 heterocycles. The third-order valence-corrected chi connectivity index (χ3v) is 5.05. The highest BCUT2D eigenvalue weighted by molar-refractivity contribution is 6.05. The second-order valence-electron chi connectivity index (χ2n) is 8.44. The van der Waals surface area contributed by atoms with Crippen LogP contribution < -0.4 is 10.1 Å². The van der Waals surface area contributed by atoms with Crippen molar-refractivity contribution in [3.63, 3.8) is 0 Å². The predicted octanol–water partition coefficient (Wildman–Crippen LogP) is 6.44. The van der Waals surface area contributed by atoms with Crippen molar-refractivity contribution in [1.82, 2.24) is 4.98 Å². The molecular formula is C26H26N2O3. The molecule has 0 saturated carbocycles. The van der Waals surface area contributed by atoms with Gasteiger partial charge < -0.3 is 14.5 Å². The molecule has 4 rings (SSSR count). The number of ether oxygens (including phenoxy) is 1. The van der Waals surface area contributed by atoms with Crippen LogP contribution in [0.5, 0.6) is 5.75 Å². The molecule has 0 atom stereocenters. The average molecular weight is 415 g/mol. The largest absolute Gasteiger partial charge is 0.494 e. The molecule has 1 aromatic heterocycles. The summed E-state index contributed by atoms with van der Waals surface area (Å²) in [4.78, 5) is 17.2. The van der Waals surface area contributed by atoms with Crippen LogP contribution in [0.25, 0.3) is 22.6 Å². The molecule has 0 unspecified atom stereocenters. The van der Waals surface area contributed by atoms with Crippen molar-refractivity contribution in [3.05, 3.63) is 77.9 Å². The molecule has 5 nitrogen and oxygen atoms in total. The van der Waals surface area contributed by atoms with Gasteiger partial charge in [-0.3, -0.25) is 4.79 Å². The zero-order valence-electron chi connectivity index (χ0n) is 18.2. The molecular weight excluding hydrogens is 388 g/mol. The predicted molar refractivity (Wildman–Crippen MR) is 124 cm³/mol. The number of oxazole rings is 1. The van der Waals surface area contributed by atoms with Crippen molar-refractivity contribution in [1.29, 1.82) is 0 Å². The second kappa shape index (κ2) is 8.26. The minimum Gasteiger partial charge on any atom is -0.494 e. The van der Waals surface area contributed by atoms with E-state index in [1.54, 1.807) is 24.3 Å². The molecule has 31 heavy (non-hydrogen) atoms. The lowest BCUT2D eigenvalue weighted by atomic mass is 9.87. The molecule has 0 bridgehead atoms. The Bertz CT molecular complexity index is 1220. The Morgan fingerprint density at radius 2 is 1.81 bits per heavy atom. The number of aromatic nitrogens is 1. The van der Waals surface area contributed by atoms with Gasteiger partial charge in [0, 0.05) is 22.9 Å². The molecule has 1 N–H and O–H groups in total. The van der Waals surface area contributed by atoms with Crippen molar-refractivity contribution in [2.75, 3.05) is 11.9 Å². The summed E-state index contributed by atoms with van der Waals surface area (Å²) in [6, 6.07) is 20.8. The van der Waals surface area contributed by atoms with E-state index in [0.29, 0.717) is 35.1 Å². The van der Waals surface area contributed by atoms with E-state index in [0.717, 1.165) is 11.1 Å². The van der Waals surface area contributed by atoms with Gasteiger partial charge >= 0.3 is 0 Å². The van der Waals surface area contributed by atoms with Crippen LogP contribution in [0.1, 0.15) is 43.6 Å². The second-order valence-corrected chi connectivity index (χ2v) is 8.44. The minimum atomic E-state index is -0.210. The van der Waals surface area contributed by atoms with E-state index in [-0.39, 0.29) is 11.3 Å². The molecule has 0 saturated heterocycles. The van der Waals surface area contributed by atoms with Crippen LogP contribution in [-0.4, -0.2) is 17.5 Å². The smallest absolute Gasteiger partial charge is 0.255 e. The summed E-state index contributed by atoms with van der Waals surface area (Å²) in [5.74, 6) is 1.02. The maximum atomic E-state index is 12.6. The zero-order valence-corrected chi connectivity index (χ0v) is 18.2. The fraction of sp³-hybridized carbons (Fsp3) is 0.231. The van der Waals surface area contributed by atoms with Gasteiger partial charge in [0.2, 0.25) is 5.89 Å². The monoisotopic (exact) mass is 414 g/mol. The molecule has 0 spiro atoms. The van der Waals surface area contributed by atoms with Crippen LogP contribution in [0.4, 0.5) is 5.69 Å². The molecule has 1 amide bonds. The highest BCUT2D eigenvalue weighted by Gasteiger charge is 2.15. The summed E-state index contributed by atoms with van der Waals surface area (Å²) in [7, 11) is 0. The van der Waals surface area contributed by atoms with Crippen LogP contribution in [0.15, 0.2) is 71.1 Å². The van der Waals surface area contributed by atoms with Gasteiger partial charge in [-0.05, 0) is 60.4 Å². The third-order valence-electron chi connectivity index (χ3n) is 5.05. The number of fused-ring (bicyclic) bond motifs is 1. The van der Waals surface area contributed by atoms with Gasteiger partial charge in [-0.2, -0.15) is 0 Å². The first kappa shape index (κ1) is 20.7. The lowest BCUT2D eigenvalue weighted by molar-refractivity contribution is 0.102. The minimum absolute atomic E-state index is 0.0924. The summed E-state index contributed by atoms with van der Waals surface area (Å²) >= 11 is 0. The topological polar surface area (TPSA) is 64.4 Å². The molecule has 3 aromatic carbocycles. The van der Waals surface area contributed by atoms with Crippen LogP contribution >= 0.6 is 0 Å². The quantitative estimate of drug-likeness (QED) is 0.408. The van der Waals surface area contributed by atoms with Crippen LogP contribution in [0, 0.1) is 0 Å². The van der Waals surface area contributed by atoms with E-state index < -0.39 is 0 Å². The van der Waals surface area contributed by atoms with Gasteiger partial charge in [0.25, 0.3) is 5.91 Å². The average Bonchev–Trinajstić information content (AvgIpc) is 3.17. The Balaban J connectivity index is 1.55. The molecule has 0 radical (unpaired) electrons. The first-order chi connectivity index (χ1) is 14.8. The number of hydrogen-bond donors (Lipinski definition) is 1. The van der Waals surface area contributed by atoms with E-state index in [9.17, 15) is 4.79 Å². The first-order valence-electron chi connectivity index (χ1n) is 10.4. The number of amides is 1. The highest BCUT2D eigenvalue weighted by atomic mass is 16.5. The maximum absolute atomic E-state index is 12.6. The lowest BCUT2D eigenvalue weighted by Crippen LogP contribution is -2.11. The van der Waals surface area contributed by atoms with Gasteiger partial charge in [0.05, 0.1) is 6.61 Å². The summed E-state index contributed by atoms with van der Waals surface area (Å²) < 4.78 is 11.4. The number of nitrogens with zero attached hydrogens (tertiary/aromatic N) is 1. The van der Waals surface area contributed by atoms with Crippen LogP contribution in [0.2, 0.25) is 0 Å². The summed E-state index contributed by atoms with van der Waals surface area (Å²) in [6.07, 6.45) is 0. The van der Waals surface area contributed by atoms with Gasteiger partial charge in [0.15, 0.2) is 5.58 Å². The Kier molecular flexibility index (Phi) is 5.51. The van der Waals surface area contributed by atoms with E-state index in [1.807, 2.05) is 37.3 Å². The van der Waals surface area contributed by atoms with Gasteiger partial charge in [-0.1, -0.05) is 39.0 Å². The number of carbonyl (C=O) groups is 1. The van der Waals surface area contributed by atoms with E-state index in [4.69, 9.17) is 9.15 Å². The number of benzene rings is 3. The number of rotatable bonds is 5. The van der Waals surface area contributed by atoms with Gasteiger partial charge in [-0.15, -0.1) is 0 Å². The SMILES string of the molecule is CCOc1cccc(C(=O)Nc2ccc3nc(-c4ccc(C(C)(C)C)cc4)oc3c2)c1. The van der Waals surface area contributed by atoms with Crippen molar-refractivity contribution in [2.45, 2.75) is 33.1 Å². The Hall–Kier alpha value is -3.60. The molecule has 4 aromatic rings. The van der Waals surface area contributed by atoms with Crippen LogP contribution in [-0.2, 0) is 5.41 Å². The fourth-order valence-electron chi connectivity index (χ4n) is 3.34. The summed E-state index contributed by atoms with van der Waals surface area (Å²) in [5.41, 5.74) is 4.80. The number of carbonyl (C=O) groups excluding carboxylic acids is 1. The van der Waals surface area contributed by atoms with Crippen molar-refractivity contribution in [2.24, 2.45) is 0 Å². The normalized spacial score (nSPS) is 11.5. The highest BCUT2D eigenvalue weighted by Crippen LogP contribution is 2.29. The number of nitrogens with one attached hydrogen (secondary N) is 1. The van der Waals surface area contributed by atoms with E-state index in [1.165, 1.54) is 5.56 Å². The zero-order chi connectivity index (χ0) is 22.0. The molecule has 0 aliphatic heterocycles. The Labute approximate surface area is 182 Å². The first-order valence-corrected chi connectivity index (χ1v) is 10.4. The Morgan fingerprint density at radius 3 is 2.52 bits per heavy atom. The van der Waals surface area contributed by atoms with Crippen molar-refractivity contribution >= 4 is 22.7 Å². The molecule has 5 heteroatoms. The van der Waals surface area contributed by atoms with E-state index >= 15 is 0 Å². The maximum Gasteiger partial charge on any atom is 0.255 e. The Morgan fingerprint density at radius 1 is 1.03 bits per heavy atom. The fourth-order valence-corrected chi connectivity index (χ4v) is 3.34. The molecule has 0 fully saturated rings. The molecule has 0 aliphatic rings. The van der Waals surface area contributed by atoms with Crippen LogP contribution in [0.3, 0.4) is 0 Å². The number of anilines is 1. The number of hydrogen-bond acceptors (Lipinski definition) is 4. The van der Waals surface area contributed by atoms with Crippen molar-refractivity contribution in [3.8, 4) is 17.2 Å². The lowest BCUT2D eigenvalue weighted by Gasteiger charge is -2.18. The van der Waals surface area contributed by atoms with Gasteiger partial charge in [-0.25, -0.2) is 4.98 Å². The van der Waals surface area contributed by atoms with E-state index in [2.05, 4.69) is 43.2 Å².